The minimum Gasteiger partial charge on any atom is -0.310 e. The molecular weight excluding hydrogens is 278 g/mol. The van der Waals surface area contributed by atoms with Crippen LogP contribution < -0.4 is 5.32 Å². The van der Waals surface area contributed by atoms with Gasteiger partial charge in [-0.1, -0.05) is 0 Å². The van der Waals surface area contributed by atoms with Crippen molar-refractivity contribution in [3.8, 4) is 0 Å². The molecule has 6 heteroatoms. The van der Waals surface area contributed by atoms with E-state index in [9.17, 15) is 4.79 Å². The Balaban J connectivity index is 1.65. The SMILES string of the molecule is CN(C)Cc1ccnc(NC(=O)C2CCc3cn[nH]c3C2)c1. The highest BCUT2D eigenvalue weighted by Crippen LogP contribution is 2.24. The minimum atomic E-state index is -0.0211. The summed E-state index contributed by atoms with van der Waals surface area (Å²) in [6.45, 7) is 0.826. The number of fused-ring (bicyclic) bond motifs is 1. The van der Waals surface area contributed by atoms with E-state index in [1.165, 1.54) is 5.56 Å². The van der Waals surface area contributed by atoms with E-state index < -0.39 is 0 Å². The molecule has 1 atom stereocenters. The Kier molecular flexibility index (Phi) is 4.20. The van der Waals surface area contributed by atoms with E-state index in [2.05, 4.69) is 25.4 Å². The van der Waals surface area contributed by atoms with E-state index in [0.29, 0.717) is 5.82 Å². The number of carbonyl (C=O) groups is 1. The number of anilines is 1. The molecule has 0 radical (unpaired) electrons. The van der Waals surface area contributed by atoms with Crippen molar-refractivity contribution in [3.63, 3.8) is 0 Å². The van der Waals surface area contributed by atoms with Crippen LogP contribution in [0.4, 0.5) is 5.82 Å². The molecule has 2 aromatic rings. The lowest BCUT2D eigenvalue weighted by atomic mass is 9.87. The fraction of sp³-hybridized carbons (Fsp3) is 0.438. The molecule has 2 heterocycles. The van der Waals surface area contributed by atoms with Crippen molar-refractivity contribution >= 4 is 11.7 Å². The highest BCUT2D eigenvalue weighted by molar-refractivity contribution is 5.92. The number of nitrogens with zero attached hydrogens (tertiary/aromatic N) is 3. The third kappa shape index (κ3) is 3.33. The third-order valence-corrected chi connectivity index (χ3v) is 3.97. The molecule has 0 saturated heterocycles. The first-order chi connectivity index (χ1) is 10.6. The van der Waals surface area contributed by atoms with E-state index >= 15 is 0 Å². The van der Waals surface area contributed by atoms with Crippen molar-refractivity contribution in [1.82, 2.24) is 20.1 Å². The zero-order valence-electron chi connectivity index (χ0n) is 13.0. The molecule has 1 unspecified atom stereocenters. The average molecular weight is 299 g/mol. The van der Waals surface area contributed by atoms with Gasteiger partial charge in [-0.2, -0.15) is 5.10 Å². The predicted molar refractivity (Wildman–Crippen MR) is 84.4 cm³/mol. The Labute approximate surface area is 129 Å². The Morgan fingerprint density at radius 1 is 1.50 bits per heavy atom. The fourth-order valence-corrected chi connectivity index (χ4v) is 2.87. The number of nitrogens with one attached hydrogen (secondary N) is 2. The zero-order valence-corrected chi connectivity index (χ0v) is 13.0. The molecule has 0 saturated carbocycles. The Morgan fingerprint density at radius 2 is 2.36 bits per heavy atom. The standard InChI is InChI=1S/C16H21N5O/c1-21(2)10-11-5-6-17-15(7-11)19-16(22)12-3-4-13-9-18-20-14(13)8-12/h5-7,9,12H,3-4,8,10H2,1-2H3,(H,18,20)(H,17,19,22). The molecule has 0 spiro atoms. The van der Waals surface area contributed by atoms with Crippen LogP contribution in [0.15, 0.2) is 24.5 Å². The average Bonchev–Trinajstić information content (AvgIpc) is 2.94. The number of aryl methyl sites for hydroxylation is 1. The van der Waals surface area contributed by atoms with Gasteiger partial charge < -0.3 is 10.2 Å². The molecule has 1 amide bonds. The number of carbonyl (C=O) groups excluding carboxylic acids is 1. The van der Waals surface area contributed by atoms with Crippen molar-refractivity contribution in [2.75, 3.05) is 19.4 Å². The van der Waals surface area contributed by atoms with Gasteiger partial charge in [-0.15, -0.1) is 0 Å². The molecule has 2 N–H and O–H groups in total. The molecule has 0 aliphatic heterocycles. The normalized spacial score (nSPS) is 17.3. The lowest BCUT2D eigenvalue weighted by Gasteiger charge is -2.20. The first kappa shape index (κ1) is 14.7. The summed E-state index contributed by atoms with van der Waals surface area (Å²) < 4.78 is 0. The summed E-state index contributed by atoms with van der Waals surface area (Å²) in [5.74, 6) is 0.641. The maximum Gasteiger partial charge on any atom is 0.229 e. The summed E-state index contributed by atoms with van der Waals surface area (Å²) >= 11 is 0. The maximum absolute atomic E-state index is 12.4. The van der Waals surface area contributed by atoms with E-state index in [1.807, 2.05) is 32.4 Å². The van der Waals surface area contributed by atoms with Crippen molar-refractivity contribution in [1.29, 1.82) is 0 Å². The third-order valence-electron chi connectivity index (χ3n) is 3.97. The smallest absolute Gasteiger partial charge is 0.229 e. The van der Waals surface area contributed by atoms with Gasteiger partial charge in [0.05, 0.1) is 6.20 Å². The molecule has 0 fully saturated rings. The highest BCUT2D eigenvalue weighted by Gasteiger charge is 2.26. The van der Waals surface area contributed by atoms with Crippen LogP contribution in [0.25, 0.3) is 0 Å². The Hall–Kier alpha value is -2.21. The largest absolute Gasteiger partial charge is 0.310 e. The van der Waals surface area contributed by atoms with Crippen LogP contribution in [0.2, 0.25) is 0 Å². The minimum absolute atomic E-state index is 0.0211. The van der Waals surface area contributed by atoms with Gasteiger partial charge in [-0.25, -0.2) is 4.98 Å². The van der Waals surface area contributed by atoms with Gasteiger partial charge in [0.1, 0.15) is 5.82 Å². The van der Waals surface area contributed by atoms with Crippen molar-refractivity contribution < 1.29 is 4.79 Å². The second-order valence-corrected chi connectivity index (χ2v) is 6.09. The summed E-state index contributed by atoms with van der Waals surface area (Å²) in [7, 11) is 4.03. The van der Waals surface area contributed by atoms with E-state index in [0.717, 1.165) is 37.1 Å². The number of hydrogen-bond acceptors (Lipinski definition) is 4. The van der Waals surface area contributed by atoms with Gasteiger partial charge in [-0.3, -0.25) is 9.89 Å². The maximum atomic E-state index is 12.4. The zero-order chi connectivity index (χ0) is 15.5. The van der Waals surface area contributed by atoms with Gasteiger partial charge in [0, 0.05) is 30.8 Å². The van der Waals surface area contributed by atoms with E-state index in [1.54, 1.807) is 6.20 Å². The first-order valence-corrected chi connectivity index (χ1v) is 7.53. The first-order valence-electron chi connectivity index (χ1n) is 7.53. The summed E-state index contributed by atoms with van der Waals surface area (Å²) in [5.41, 5.74) is 3.45. The van der Waals surface area contributed by atoms with Gasteiger partial charge in [-0.05, 0) is 50.2 Å². The summed E-state index contributed by atoms with van der Waals surface area (Å²) in [4.78, 5) is 18.8. The van der Waals surface area contributed by atoms with Crippen LogP contribution in [0.3, 0.4) is 0 Å². The van der Waals surface area contributed by atoms with Crippen molar-refractivity contribution in [3.05, 3.63) is 41.3 Å². The van der Waals surface area contributed by atoms with Crippen molar-refractivity contribution in [2.45, 2.75) is 25.8 Å². The molecule has 1 aliphatic rings. The van der Waals surface area contributed by atoms with Crippen LogP contribution in [0.5, 0.6) is 0 Å². The van der Waals surface area contributed by atoms with Gasteiger partial charge in [0.2, 0.25) is 5.91 Å². The van der Waals surface area contributed by atoms with E-state index in [-0.39, 0.29) is 11.8 Å². The number of rotatable bonds is 4. The Morgan fingerprint density at radius 3 is 3.18 bits per heavy atom. The lowest BCUT2D eigenvalue weighted by Crippen LogP contribution is -2.28. The summed E-state index contributed by atoms with van der Waals surface area (Å²) in [5, 5.41) is 9.98. The quantitative estimate of drug-likeness (QED) is 0.899. The monoisotopic (exact) mass is 299 g/mol. The van der Waals surface area contributed by atoms with Crippen LogP contribution in [0, 0.1) is 5.92 Å². The fourth-order valence-electron chi connectivity index (χ4n) is 2.87. The molecular formula is C16H21N5O. The summed E-state index contributed by atoms with van der Waals surface area (Å²) in [6, 6.07) is 3.90. The van der Waals surface area contributed by atoms with Crippen LogP contribution in [-0.2, 0) is 24.2 Å². The molecule has 0 aromatic carbocycles. The van der Waals surface area contributed by atoms with Crippen LogP contribution in [0.1, 0.15) is 23.2 Å². The predicted octanol–water partition coefficient (Wildman–Crippen LogP) is 1.61. The molecule has 116 valence electrons. The highest BCUT2D eigenvalue weighted by atomic mass is 16.1. The number of aromatic amines is 1. The topological polar surface area (TPSA) is 73.9 Å². The van der Waals surface area contributed by atoms with Crippen LogP contribution >= 0.6 is 0 Å². The number of pyridine rings is 1. The molecule has 22 heavy (non-hydrogen) atoms. The molecule has 6 nitrogen and oxygen atoms in total. The number of amides is 1. The van der Waals surface area contributed by atoms with Gasteiger partial charge in [0.15, 0.2) is 0 Å². The molecule has 2 aromatic heterocycles. The second kappa shape index (κ2) is 6.27. The molecule has 1 aliphatic carbocycles. The molecule has 3 rings (SSSR count). The summed E-state index contributed by atoms with van der Waals surface area (Å²) in [6.07, 6.45) is 6.07. The number of H-pyrrole nitrogens is 1. The van der Waals surface area contributed by atoms with Gasteiger partial charge >= 0.3 is 0 Å². The molecule has 0 bridgehead atoms. The van der Waals surface area contributed by atoms with Gasteiger partial charge in [0.25, 0.3) is 0 Å². The lowest BCUT2D eigenvalue weighted by molar-refractivity contribution is -0.120. The Bertz CT molecular complexity index is 664. The van der Waals surface area contributed by atoms with Crippen LogP contribution in [-0.4, -0.2) is 40.1 Å². The van der Waals surface area contributed by atoms with Crippen molar-refractivity contribution in [2.24, 2.45) is 5.92 Å². The number of hydrogen-bond donors (Lipinski definition) is 2. The number of aromatic nitrogens is 3. The second-order valence-electron chi connectivity index (χ2n) is 6.09. The van der Waals surface area contributed by atoms with E-state index in [4.69, 9.17) is 0 Å².